The van der Waals surface area contributed by atoms with Gasteiger partial charge in [0.15, 0.2) is 0 Å². The second kappa shape index (κ2) is 10.4. The summed E-state index contributed by atoms with van der Waals surface area (Å²) in [7, 11) is 1.25. The van der Waals surface area contributed by atoms with Gasteiger partial charge in [0.05, 0.1) is 11.7 Å². The third kappa shape index (κ3) is 6.33. The molecule has 0 saturated carbocycles. The van der Waals surface area contributed by atoms with E-state index in [1.807, 2.05) is 60.7 Å². The van der Waals surface area contributed by atoms with E-state index in [0.29, 0.717) is 12.5 Å². The number of para-hydroxylation sites is 1. The minimum absolute atomic E-state index is 0.0797. The molecule has 1 heterocycles. The first kappa shape index (κ1) is 21.3. The average molecular weight is 525 g/mol. The fraction of sp³-hybridized carbons (Fsp3) is 0.300. The van der Waals surface area contributed by atoms with Crippen LogP contribution in [0.15, 0.2) is 70.6 Å². The van der Waals surface area contributed by atoms with Crippen molar-refractivity contribution in [2.24, 2.45) is 15.4 Å². The summed E-state index contributed by atoms with van der Waals surface area (Å²) >= 11 is 6.00. The summed E-state index contributed by atoms with van der Waals surface area (Å²) in [4.78, 5) is 9.58. The average Bonchev–Trinajstić information content (AvgIpc) is 3.12. The van der Waals surface area contributed by atoms with Crippen molar-refractivity contribution in [3.8, 4) is 0 Å². The summed E-state index contributed by atoms with van der Waals surface area (Å²) in [5.74, 6) is 0.639. The van der Waals surface area contributed by atoms with E-state index < -0.39 is 0 Å². The van der Waals surface area contributed by atoms with E-state index in [1.165, 1.54) is 10.9 Å². The van der Waals surface area contributed by atoms with Gasteiger partial charge in [-0.15, -0.1) is 0 Å². The number of hydrogen-bond acceptors (Lipinski definition) is 3. The van der Waals surface area contributed by atoms with Crippen molar-refractivity contribution in [2.45, 2.75) is 26.8 Å². The molecule has 142 valence electrons. The fourth-order valence-electron chi connectivity index (χ4n) is 2.41. The van der Waals surface area contributed by atoms with Gasteiger partial charge in [-0.1, -0.05) is 69.3 Å². The molecule has 0 spiro atoms. The standard InChI is InChI=1S/C20H22N2O.2BrH.Ni/c1-20(2,3)17-14-23-19(22-17)18(15-10-6-4-7-11-15)21-16-12-8-5-9-13-16;;;/h4-13,17H,14H2,1-3H3;2*1H;/q;;;+2/p-2/t17-;;;/m1.../s1. The third-order valence-corrected chi connectivity index (χ3v) is 3.90. The van der Waals surface area contributed by atoms with Crippen LogP contribution in [-0.2, 0) is 15.6 Å². The molecule has 0 aromatic heterocycles. The summed E-state index contributed by atoms with van der Waals surface area (Å²) in [6.45, 7) is 7.16. The quantitative estimate of drug-likeness (QED) is 0.341. The van der Waals surface area contributed by atoms with Crippen LogP contribution in [0.5, 0.6) is 0 Å². The number of halogens is 2. The Morgan fingerprint density at radius 3 is 2.08 bits per heavy atom. The van der Waals surface area contributed by atoms with Gasteiger partial charge < -0.3 is 4.74 Å². The van der Waals surface area contributed by atoms with Crippen molar-refractivity contribution in [1.82, 2.24) is 0 Å². The molecule has 0 N–H and O–H groups in total. The third-order valence-electron chi connectivity index (χ3n) is 3.90. The van der Waals surface area contributed by atoms with E-state index >= 15 is 0 Å². The van der Waals surface area contributed by atoms with E-state index in [9.17, 15) is 0 Å². The molecule has 0 saturated heterocycles. The minimum atomic E-state index is 0.0797. The van der Waals surface area contributed by atoms with E-state index in [-0.39, 0.29) is 11.5 Å². The van der Waals surface area contributed by atoms with Gasteiger partial charge in [-0.2, -0.15) is 0 Å². The molecule has 0 bridgehead atoms. The summed E-state index contributed by atoms with van der Waals surface area (Å²) < 4.78 is 5.90. The van der Waals surface area contributed by atoms with Gasteiger partial charge in [-0.3, -0.25) is 0 Å². The molecular weight excluding hydrogens is 503 g/mol. The molecule has 6 heteroatoms. The molecule has 1 atom stereocenters. The molecular formula is C20H22Br2N2NiO. The summed E-state index contributed by atoms with van der Waals surface area (Å²) in [5, 5.41) is 0. The van der Waals surface area contributed by atoms with E-state index in [4.69, 9.17) is 14.7 Å². The molecule has 1 aliphatic rings. The number of hydrogen-bond donors (Lipinski definition) is 0. The number of aliphatic imine (C=N–C) groups is 2. The SMILES string of the molecule is CC(C)(C)[C@H]1COC(C(=Nc2ccccc2)c2ccccc2)=N1.[Br][Ni][Br]. The topological polar surface area (TPSA) is 34.0 Å². The molecule has 2 aromatic carbocycles. The van der Waals surface area contributed by atoms with Crippen LogP contribution in [0.25, 0.3) is 0 Å². The number of nitrogens with zero attached hydrogens (tertiary/aromatic N) is 2. The Kier molecular flexibility index (Phi) is 8.52. The first-order valence-electron chi connectivity index (χ1n) is 8.18. The number of benzene rings is 2. The Morgan fingerprint density at radius 1 is 1.04 bits per heavy atom. The van der Waals surface area contributed by atoms with Crippen LogP contribution in [-0.4, -0.2) is 24.3 Å². The molecule has 1 aliphatic heterocycles. The summed E-state index contributed by atoms with van der Waals surface area (Å²) in [6, 6.07) is 20.2. The number of rotatable bonds is 3. The van der Waals surface area contributed by atoms with Gasteiger partial charge >= 0.3 is 39.3 Å². The second-order valence-electron chi connectivity index (χ2n) is 6.83. The van der Waals surface area contributed by atoms with Crippen molar-refractivity contribution in [1.29, 1.82) is 0 Å². The second-order valence-corrected chi connectivity index (χ2v) is 11.8. The van der Waals surface area contributed by atoms with Crippen molar-refractivity contribution in [2.75, 3.05) is 6.61 Å². The monoisotopic (exact) mass is 522 g/mol. The maximum atomic E-state index is 5.90. The predicted molar refractivity (Wildman–Crippen MR) is 114 cm³/mol. The summed E-state index contributed by atoms with van der Waals surface area (Å²) in [6.07, 6.45) is 0. The molecule has 0 amide bonds. The van der Waals surface area contributed by atoms with E-state index in [0.717, 1.165) is 17.0 Å². The van der Waals surface area contributed by atoms with Crippen LogP contribution in [0.4, 0.5) is 5.69 Å². The number of ether oxygens (including phenoxy) is 1. The van der Waals surface area contributed by atoms with Crippen molar-refractivity contribution in [3.63, 3.8) is 0 Å². The zero-order valence-corrected chi connectivity index (χ0v) is 19.1. The maximum absolute atomic E-state index is 5.90. The van der Waals surface area contributed by atoms with Crippen molar-refractivity contribution < 1.29 is 15.6 Å². The molecule has 2 aromatic rings. The van der Waals surface area contributed by atoms with Gasteiger partial charge in [0, 0.05) is 5.56 Å². The predicted octanol–water partition coefficient (Wildman–Crippen LogP) is 6.34. The first-order chi connectivity index (χ1) is 12.5. The molecule has 3 nitrogen and oxygen atoms in total. The van der Waals surface area contributed by atoms with Crippen LogP contribution in [0, 0.1) is 5.41 Å². The van der Waals surface area contributed by atoms with Gasteiger partial charge in [-0.25, -0.2) is 9.98 Å². The van der Waals surface area contributed by atoms with Gasteiger partial charge in [0.2, 0.25) is 5.90 Å². The normalized spacial score (nSPS) is 17.2. The van der Waals surface area contributed by atoms with Crippen LogP contribution >= 0.6 is 28.5 Å². The van der Waals surface area contributed by atoms with Gasteiger partial charge in [0.25, 0.3) is 0 Å². The molecule has 0 aliphatic carbocycles. The van der Waals surface area contributed by atoms with Gasteiger partial charge in [-0.05, 0) is 17.5 Å². The molecule has 26 heavy (non-hydrogen) atoms. The van der Waals surface area contributed by atoms with E-state index in [1.54, 1.807) is 0 Å². The molecule has 0 radical (unpaired) electrons. The van der Waals surface area contributed by atoms with Crippen LogP contribution < -0.4 is 0 Å². The van der Waals surface area contributed by atoms with Crippen LogP contribution in [0.3, 0.4) is 0 Å². The van der Waals surface area contributed by atoms with Crippen LogP contribution in [0.2, 0.25) is 0 Å². The zero-order chi connectivity index (χ0) is 19.0. The Labute approximate surface area is 175 Å². The molecule has 0 fully saturated rings. The Bertz CT molecular complexity index is 743. The van der Waals surface area contributed by atoms with Crippen molar-refractivity contribution in [3.05, 3.63) is 66.2 Å². The first-order valence-corrected chi connectivity index (χ1v) is 13.1. The summed E-state index contributed by atoms with van der Waals surface area (Å²) in [5.41, 5.74) is 2.79. The Balaban J connectivity index is 0.000000758. The molecule has 0 unspecified atom stereocenters. The van der Waals surface area contributed by atoms with Crippen molar-refractivity contribution >= 4 is 45.7 Å². The Morgan fingerprint density at radius 2 is 1.58 bits per heavy atom. The van der Waals surface area contributed by atoms with E-state index in [2.05, 4.69) is 49.2 Å². The molecule has 3 rings (SSSR count). The van der Waals surface area contributed by atoms with Crippen LogP contribution in [0.1, 0.15) is 26.3 Å². The van der Waals surface area contributed by atoms with Gasteiger partial charge in [0.1, 0.15) is 12.3 Å². The Hall–Kier alpha value is -0.966. The zero-order valence-electron chi connectivity index (χ0n) is 14.9. The fourth-order valence-corrected chi connectivity index (χ4v) is 2.41.